The fourth-order valence-corrected chi connectivity index (χ4v) is 1.82. The monoisotopic (exact) mass is 304 g/mol. The number of hydrogen-bond donors (Lipinski definition) is 4. The summed E-state index contributed by atoms with van der Waals surface area (Å²) >= 11 is 3.08. The van der Waals surface area contributed by atoms with E-state index in [1.807, 2.05) is 0 Å². The first-order chi connectivity index (χ1) is 7.97. The van der Waals surface area contributed by atoms with E-state index in [-0.39, 0.29) is 18.6 Å². The van der Waals surface area contributed by atoms with Crippen LogP contribution in [0.1, 0.15) is 28.4 Å². The van der Waals surface area contributed by atoms with Crippen LogP contribution < -0.4 is 0 Å². The summed E-state index contributed by atoms with van der Waals surface area (Å²) in [4.78, 5) is 10.9. The fraction of sp³-hybridized carbons (Fsp3) is 0.364. The molecule has 6 heteroatoms. The van der Waals surface area contributed by atoms with Crippen LogP contribution in [0.2, 0.25) is 0 Å². The second-order valence-corrected chi connectivity index (χ2v) is 4.42. The van der Waals surface area contributed by atoms with Crippen LogP contribution in [0.5, 0.6) is 0 Å². The summed E-state index contributed by atoms with van der Waals surface area (Å²) in [6, 6.07) is 4.30. The van der Waals surface area contributed by atoms with Crippen LogP contribution in [0.15, 0.2) is 22.7 Å². The molecule has 94 valence electrons. The van der Waals surface area contributed by atoms with Crippen molar-refractivity contribution in [2.45, 2.75) is 18.6 Å². The van der Waals surface area contributed by atoms with E-state index < -0.39 is 18.2 Å². The van der Waals surface area contributed by atoms with Gasteiger partial charge in [0.25, 0.3) is 0 Å². The molecule has 0 heterocycles. The Morgan fingerprint density at radius 2 is 2.00 bits per heavy atom. The van der Waals surface area contributed by atoms with Gasteiger partial charge in [-0.15, -0.1) is 0 Å². The van der Waals surface area contributed by atoms with Crippen molar-refractivity contribution in [1.29, 1.82) is 0 Å². The Hall–Kier alpha value is -0.950. The molecular weight excluding hydrogens is 292 g/mol. The molecule has 1 rings (SSSR count). The molecule has 1 aromatic rings. The first-order valence-electron chi connectivity index (χ1n) is 4.97. The highest BCUT2D eigenvalue weighted by Crippen LogP contribution is 2.24. The summed E-state index contributed by atoms with van der Waals surface area (Å²) in [5.74, 6) is -1.12. The first-order valence-corrected chi connectivity index (χ1v) is 5.76. The number of hydrogen-bond acceptors (Lipinski definition) is 4. The van der Waals surface area contributed by atoms with Gasteiger partial charge in [-0.25, -0.2) is 4.79 Å². The van der Waals surface area contributed by atoms with E-state index in [4.69, 9.17) is 10.2 Å². The van der Waals surface area contributed by atoms with Crippen molar-refractivity contribution in [3.05, 3.63) is 33.8 Å². The maximum Gasteiger partial charge on any atom is 0.336 e. The van der Waals surface area contributed by atoms with Crippen molar-refractivity contribution < 1.29 is 25.2 Å². The lowest BCUT2D eigenvalue weighted by Crippen LogP contribution is -2.19. The van der Waals surface area contributed by atoms with Crippen molar-refractivity contribution in [3.8, 4) is 0 Å². The largest absolute Gasteiger partial charge is 0.478 e. The van der Waals surface area contributed by atoms with Gasteiger partial charge >= 0.3 is 5.97 Å². The number of rotatable bonds is 5. The maximum atomic E-state index is 10.9. The summed E-state index contributed by atoms with van der Waals surface area (Å²) in [5, 5.41) is 36.8. The predicted molar refractivity (Wildman–Crippen MR) is 63.8 cm³/mol. The zero-order valence-electron chi connectivity index (χ0n) is 8.88. The van der Waals surface area contributed by atoms with Gasteiger partial charge in [-0.3, -0.25) is 0 Å². The Kier molecular flexibility index (Phi) is 5.07. The highest BCUT2D eigenvalue weighted by molar-refractivity contribution is 9.10. The van der Waals surface area contributed by atoms with E-state index in [0.29, 0.717) is 10.0 Å². The van der Waals surface area contributed by atoms with Crippen molar-refractivity contribution in [2.75, 3.05) is 6.61 Å². The molecule has 0 spiro atoms. The number of carbonyl (C=O) groups is 1. The van der Waals surface area contributed by atoms with Gasteiger partial charge in [0.2, 0.25) is 0 Å². The Labute approximate surface area is 106 Å². The van der Waals surface area contributed by atoms with Gasteiger partial charge in [0, 0.05) is 11.1 Å². The number of halogens is 1. The summed E-state index contributed by atoms with van der Waals surface area (Å²) in [7, 11) is 0. The molecule has 1 aromatic carbocycles. The third-order valence-corrected chi connectivity index (χ3v) is 3.04. The lowest BCUT2D eigenvalue weighted by molar-refractivity contribution is 0.00414. The van der Waals surface area contributed by atoms with Gasteiger partial charge in [-0.1, -0.05) is 6.07 Å². The quantitative estimate of drug-likeness (QED) is 0.648. The molecule has 5 nitrogen and oxygen atoms in total. The van der Waals surface area contributed by atoms with E-state index in [1.165, 1.54) is 18.2 Å². The van der Waals surface area contributed by atoms with Crippen LogP contribution >= 0.6 is 15.9 Å². The van der Waals surface area contributed by atoms with Crippen molar-refractivity contribution in [3.63, 3.8) is 0 Å². The third kappa shape index (κ3) is 3.50. The average Bonchev–Trinajstić information content (AvgIpc) is 2.28. The van der Waals surface area contributed by atoms with Gasteiger partial charge in [-0.2, -0.15) is 0 Å². The van der Waals surface area contributed by atoms with Crippen LogP contribution in [-0.4, -0.2) is 39.1 Å². The van der Waals surface area contributed by atoms with Gasteiger partial charge in [0.05, 0.1) is 11.7 Å². The van der Waals surface area contributed by atoms with Crippen molar-refractivity contribution >= 4 is 21.9 Å². The van der Waals surface area contributed by atoms with Crippen LogP contribution in [-0.2, 0) is 0 Å². The van der Waals surface area contributed by atoms with Crippen LogP contribution in [0.25, 0.3) is 0 Å². The van der Waals surface area contributed by atoms with E-state index in [9.17, 15) is 15.0 Å². The molecule has 17 heavy (non-hydrogen) atoms. The van der Waals surface area contributed by atoms with Gasteiger partial charge in [-0.05, 0) is 40.0 Å². The minimum absolute atomic E-state index is 0.0118. The third-order valence-electron chi connectivity index (χ3n) is 2.35. The number of carboxylic acids is 1. The fourth-order valence-electron chi connectivity index (χ4n) is 1.40. The molecule has 0 fully saturated rings. The molecular formula is C11H13BrO5. The Morgan fingerprint density at radius 1 is 1.35 bits per heavy atom. The normalized spacial score (nSPS) is 14.4. The van der Waals surface area contributed by atoms with E-state index in [1.54, 1.807) is 0 Å². The summed E-state index contributed by atoms with van der Waals surface area (Å²) < 4.78 is 0.401. The van der Waals surface area contributed by atoms with Crippen molar-refractivity contribution in [2.24, 2.45) is 0 Å². The molecule has 0 aliphatic heterocycles. The van der Waals surface area contributed by atoms with Gasteiger partial charge < -0.3 is 20.4 Å². The summed E-state index contributed by atoms with van der Waals surface area (Å²) in [6.45, 7) is -0.249. The average molecular weight is 305 g/mol. The topological polar surface area (TPSA) is 98.0 Å². The van der Waals surface area contributed by atoms with Crippen LogP contribution in [0, 0.1) is 0 Å². The van der Waals surface area contributed by atoms with Gasteiger partial charge in [0.1, 0.15) is 6.10 Å². The highest BCUT2D eigenvalue weighted by atomic mass is 79.9. The number of aliphatic hydroxyl groups excluding tert-OH is 3. The second kappa shape index (κ2) is 6.11. The van der Waals surface area contributed by atoms with Gasteiger partial charge in [0.15, 0.2) is 0 Å². The van der Waals surface area contributed by atoms with Crippen LogP contribution in [0.3, 0.4) is 0 Å². The molecule has 0 bridgehead atoms. The lowest BCUT2D eigenvalue weighted by Gasteiger charge is -2.17. The lowest BCUT2D eigenvalue weighted by atomic mass is 10.0. The molecule has 0 saturated heterocycles. The molecule has 0 radical (unpaired) electrons. The minimum atomic E-state index is -1.21. The second-order valence-electron chi connectivity index (χ2n) is 3.57. The Balaban J connectivity index is 2.99. The number of aromatic carboxylic acids is 1. The number of aliphatic hydroxyl groups is 3. The number of carboxylic acid groups (broad SMARTS) is 1. The zero-order chi connectivity index (χ0) is 13.0. The molecule has 0 aliphatic carbocycles. The summed E-state index contributed by atoms with van der Waals surface area (Å²) in [5.41, 5.74) is 0.310. The molecule has 0 amide bonds. The standard InChI is InChI=1S/C11H13BrO5/c12-8-2-1-6(5-7(8)11(16)17)10(15)9(14)3-4-13/h1-2,5,9-10,13-15H,3-4H2,(H,16,17). The minimum Gasteiger partial charge on any atom is -0.478 e. The molecule has 0 aromatic heterocycles. The maximum absolute atomic E-state index is 10.9. The first kappa shape index (κ1) is 14.1. The smallest absolute Gasteiger partial charge is 0.336 e. The van der Waals surface area contributed by atoms with E-state index in [0.717, 1.165) is 0 Å². The molecule has 2 atom stereocenters. The van der Waals surface area contributed by atoms with Crippen LogP contribution in [0.4, 0.5) is 0 Å². The Bertz CT molecular complexity index is 407. The summed E-state index contributed by atoms with van der Waals surface area (Å²) in [6.07, 6.45) is -2.31. The Morgan fingerprint density at radius 3 is 2.53 bits per heavy atom. The molecule has 0 saturated carbocycles. The molecule has 4 N–H and O–H groups in total. The zero-order valence-corrected chi connectivity index (χ0v) is 10.5. The molecule has 2 unspecified atom stereocenters. The molecule has 0 aliphatic rings. The van der Waals surface area contributed by atoms with Crippen molar-refractivity contribution in [1.82, 2.24) is 0 Å². The SMILES string of the molecule is O=C(O)c1cc(C(O)C(O)CCO)ccc1Br. The number of benzene rings is 1. The van der Waals surface area contributed by atoms with E-state index in [2.05, 4.69) is 15.9 Å². The highest BCUT2D eigenvalue weighted by Gasteiger charge is 2.20. The predicted octanol–water partition coefficient (Wildman–Crippen LogP) is 0.924. The van der Waals surface area contributed by atoms with E-state index >= 15 is 0 Å².